The maximum Gasteiger partial charge on any atom is 0.243 e. The highest BCUT2D eigenvalue weighted by atomic mass is 32.1. The van der Waals surface area contributed by atoms with Gasteiger partial charge in [0, 0.05) is 19.2 Å². The average molecular weight is 325 g/mol. The second-order valence-corrected chi connectivity index (χ2v) is 11.5. The van der Waals surface area contributed by atoms with E-state index in [1.54, 1.807) is 0 Å². The first-order valence-corrected chi connectivity index (χ1v) is 11.1. The molecule has 1 rings (SSSR count). The second kappa shape index (κ2) is 7.65. The molecule has 0 spiro atoms. The van der Waals surface area contributed by atoms with E-state index in [0.29, 0.717) is 6.54 Å². The highest BCUT2D eigenvalue weighted by Crippen LogP contribution is 2.04. The van der Waals surface area contributed by atoms with Gasteiger partial charge in [0.1, 0.15) is 6.04 Å². The molecule has 1 atom stereocenters. The first-order chi connectivity index (χ1) is 9.74. The predicted octanol–water partition coefficient (Wildman–Crippen LogP) is 1.28. The SMILES string of the molecule is CC(=O)NC(CS)C(=O)NCc1ccc([Si](C)(C)C)cc1. The number of carbonyl (C=O) groups is 2. The zero-order valence-electron chi connectivity index (χ0n) is 13.1. The smallest absolute Gasteiger partial charge is 0.243 e. The minimum absolute atomic E-state index is 0.213. The van der Waals surface area contributed by atoms with Crippen LogP contribution in [0.2, 0.25) is 19.6 Å². The molecule has 6 heteroatoms. The summed E-state index contributed by atoms with van der Waals surface area (Å²) in [4.78, 5) is 22.9. The molecule has 0 aliphatic rings. The van der Waals surface area contributed by atoms with Gasteiger partial charge in [-0.3, -0.25) is 9.59 Å². The molecule has 4 nitrogen and oxygen atoms in total. The number of amides is 2. The number of thiol groups is 1. The van der Waals surface area contributed by atoms with Crippen molar-refractivity contribution < 1.29 is 9.59 Å². The Kier molecular flexibility index (Phi) is 6.48. The summed E-state index contributed by atoms with van der Waals surface area (Å²) in [5, 5.41) is 6.79. The zero-order valence-corrected chi connectivity index (χ0v) is 15.0. The number of hydrogen-bond acceptors (Lipinski definition) is 3. The van der Waals surface area contributed by atoms with Crippen molar-refractivity contribution in [3.8, 4) is 0 Å². The van der Waals surface area contributed by atoms with Crippen LogP contribution in [0.4, 0.5) is 0 Å². The van der Waals surface area contributed by atoms with Gasteiger partial charge < -0.3 is 10.6 Å². The van der Waals surface area contributed by atoms with Crippen LogP contribution in [-0.2, 0) is 16.1 Å². The van der Waals surface area contributed by atoms with Crippen LogP contribution >= 0.6 is 12.6 Å². The van der Waals surface area contributed by atoms with E-state index in [4.69, 9.17) is 0 Å². The number of benzene rings is 1. The van der Waals surface area contributed by atoms with Crippen LogP contribution in [0.25, 0.3) is 0 Å². The molecular weight excluding hydrogens is 300 g/mol. The maximum absolute atomic E-state index is 11.9. The average Bonchev–Trinajstić information content (AvgIpc) is 2.41. The van der Waals surface area contributed by atoms with Gasteiger partial charge in [-0.15, -0.1) is 0 Å². The minimum Gasteiger partial charge on any atom is -0.350 e. The van der Waals surface area contributed by atoms with Crippen molar-refractivity contribution in [2.75, 3.05) is 5.75 Å². The highest BCUT2D eigenvalue weighted by molar-refractivity contribution is 7.80. The molecule has 0 radical (unpaired) electrons. The summed E-state index contributed by atoms with van der Waals surface area (Å²) < 4.78 is 0. The first kappa shape index (κ1) is 17.8. The van der Waals surface area contributed by atoms with E-state index >= 15 is 0 Å². The fraction of sp³-hybridized carbons (Fsp3) is 0.467. The Morgan fingerprint density at radius 1 is 1.19 bits per heavy atom. The molecule has 0 saturated carbocycles. The lowest BCUT2D eigenvalue weighted by Crippen LogP contribution is -2.47. The topological polar surface area (TPSA) is 58.2 Å². The van der Waals surface area contributed by atoms with Crippen LogP contribution in [0.1, 0.15) is 12.5 Å². The third kappa shape index (κ3) is 5.93. The number of hydrogen-bond donors (Lipinski definition) is 3. The van der Waals surface area contributed by atoms with E-state index < -0.39 is 14.1 Å². The largest absolute Gasteiger partial charge is 0.350 e. The van der Waals surface area contributed by atoms with Gasteiger partial charge in [-0.05, 0) is 5.56 Å². The van der Waals surface area contributed by atoms with E-state index in [1.807, 2.05) is 12.1 Å². The Morgan fingerprint density at radius 2 is 1.76 bits per heavy atom. The highest BCUT2D eigenvalue weighted by Gasteiger charge is 2.18. The Morgan fingerprint density at radius 3 is 2.19 bits per heavy atom. The first-order valence-electron chi connectivity index (χ1n) is 6.99. The molecular formula is C15H24N2O2SSi. The van der Waals surface area contributed by atoms with E-state index in [-0.39, 0.29) is 17.6 Å². The lowest BCUT2D eigenvalue weighted by atomic mass is 10.2. The molecule has 1 unspecified atom stereocenters. The van der Waals surface area contributed by atoms with Crippen molar-refractivity contribution in [1.82, 2.24) is 10.6 Å². The van der Waals surface area contributed by atoms with Gasteiger partial charge in [0.25, 0.3) is 0 Å². The predicted molar refractivity (Wildman–Crippen MR) is 92.7 cm³/mol. The fourth-order valence-electron chi connectivity index (χ4n) is 1.87. The van der Waals surface area contributed by atoms with Crippen molar-refractivity contribution >= 4 is 37.7 Å². The van der Waals surface area contributed by atoms with Gasteiger partial charge in [-0.25, -0.2) is 0 Å². The summed E-state index contributed by atoms with van der Waals surface area (Å²) in [7, 11) is -1.29. The quantitative estimate of drug-likeness (QED) is 0.545. The molecule has 2 N–H and O–H groups in total. The number of carbonyl (C=O) groups excluding carboxylic acids is 2. The minimum atomic E-state index is -1.29. The summed E-state index contributed by atoms with van der Waals surface area (Å²) in [6, 6.07) is 7.77. The molecule has 1 aromatic rings. The van der Waals surface area contributed by atoms with Gasteiger partial charge in [-0.1, -0.05) is 49.1 Å². The summed E-state index contributed by atoms with van der Waals surface area (Å²) >= 11 is 4.08. The van der Waals surface area contributed by atoms with E-state index in [2.05, 4.69) is 55.0 Å². The van der Waals surface area contributed by atoms with Crippen molar-refractivity contribution in [2.24, 2.45) is 0 Å². The van der Waals surface area contributed by atoms with Crippen molar-refractivity contribution in [1.29, 1.82) is 0 Å². The normalized spacial score (nSPS) is 12.6. The van der Waals surface area contributed by atoms with Crippen LogP contribution in [0.3, 0.4) is 0 Å². The zero-order chi connectivity index (χ0) is 16.0. The summed E-state index contributed by atoms with van der Waals surface area (Å²) in [5.74, 6) is -0.168. The van der Waals surface area contributed by atoms with E-state index in [1.165, 1.54) is 12.1 Å². The van der Waals surface area contributed by atoms with Crippen molar-refractivity contribution in [3.05, 3.63) is 29.8 Å². The van der Waals surface area contributed by atoms with Gasteiger partial charge in [0.2, 0.25) is 11.8 Å². The molecule has 0 heterocycles. The molecule has 0 fully saturated rings. The molecule has 1 aromatic carbocycles. The Hall–Kier alpha value is -1.27. The Labute approximate surface area is 133 Å². The molecule has 0 saturated heterocycles. The van der Waals surface area contributed by atoms with Gasteiger partial charge in [0.05, 0.1) is 8.07 Å². The van der Waals surface area contributed by atoms with Crippen LogP contribution < -0.4 is 15.8 Å². The van der Waals surface area contributed by atoms with Crippen LogP contribution in [0.15, 0.2) is 24.3 Å². The Balaban J connectivity index is 2.58. The Bertz CT molecular complexity index is 497. The third-order valence-electron chi connectivity index (χ3n) is 3.16. The molecule has 116 valence electrons. The maximum atomic E-state index is 11.9. The van der Waals surface area contributed by atoms with Gasteiger partial charge >= 0.3 is 0 Å². The van der Waals surface area contributed by atoms with E-state index in [9.17, 15) is 9.59 Å². The third-order valence-corrected chi connectivity index (χ3v) is 5.59. The standard InChI is InChI=1S/C15H24N2O2SSi/c1-11(18)17-14(10-20)15(19)16-9-12-5-7-13(8-6-12)21(2,3)4/h5-8,14,20H,9-10H2,1-4H3,(H,16,19)(H,17,18). The van der Waals surface area contributed by atoms with Crippen LogP contribution in [-0.4, -0.2) is 31.7 Å². The number of nitrogens with one attached hydrogen (secondary N) is 2. The molecule has 0 aliphatic carbocycles. The molecule has 0 aromatic heterocycles. The van der Waals surface area contributed by atoms with Gasteiger partial charge in [0.15, 0.2) is 0 Å². The molecule has 0 bridgehead atoms. The molecule has 2 amide bonds. The van der Waals surface area contributed by atoms with Gasteiger partial charge in [-0.2, -0.15) is 12.6 Å². The summed E-state index contributed by atoms with van der Waals surface area (Å²) in [6.07, 6.45) is 0. The molecule has 0 aliphatic heterocycles. The van der Waals surface area contributed by atoms with Crippen LogP contribution in [0.5, 0.6) is 0 Å². The van der Waals surface area contributed by atoms with E-state index in [0.717, 1.165) is 5.56 Å². The van der Waals surface area contributed by atoms with Crippen molar-refractivity contribution in [3.63, 3.8) is 0 Å². The lowest BCUT2D eigenvalue weighted by molar-refractivity contribution is -0.127. The summed E-state index contributed by atoms with van der Waals surface area (Å²) in [6.45, 7) is 8.74. The molecule has 21 heavy (non-hydrogen) atoms. The summed E-state index contributed by atoms with van der Waals surface area (Å²) in [5.41, 5.74) is 1.05. The second-order valence-electron chi connectivity index (χ2n) is 6.10. The lowest BCUT2D eigenvalue weighted by Gasteiger charge is -2.18. The van der Waals surface area contributed by atoms with Crippen molar-refractivity contribution in [2.45, 2.75) is 39.2 Å². The monoisotopic (exact) mass is 324 g/mol. The number of rotatable bonds is 6. The fourth-order valence-corrected chi connectivity index (χ4v) is 3.30. The van der Waals surface area contributed by atoms with Crippen LogP contribution in [0, 0.1) is 0 Å².